The van der Waals surface area contributed by atoms with Crippen LogP contribution in [-0.4, -0.2) is 62.6 Å². The minimum absolute atomic E-state index is 0.224. The average molecular weight is 488 g/mol. The second-order valence-electron chi connectivity index (χ2n) is 8.94. The summed E-state index contributed by atoms with van der Waals surface area (Å²) in [4.78, 5) is 43.8. The molecule has 3 heterocycles. The second-order valence-corrected chi connectivity index (χ2v) is 8.94. The number of benzene rings is 2. The van der Waals surface area contributed by atoms with Gasteiger partial charge in [0.05, 0.1) is 24.4 Å². The number of anilines is 2. The summed E-state index contributed by atoms with van der Waals surface area (Å²) in [6.07, 6.45) is -4.83. The van der Waals surface area contributed by atoms with Crippen molar-refractivity contribution in [2.75, 3.05) is 43.6 Å². The van der Waals surface area contributed by atoms with Gasteiger partial charge in [-0.25, -0.2) is 4.79 Å². The number of fused-ring (bicyclic) bond motifs is 4. The van der Waals surface area contributed by atoms with Gasteiger partial charge in [-0.05, 0) is 42.3 Å². The van der Waals surface area contributed by atoms with E-state index in [9.17, 15) is 27.6 Å². The van der Waals surface area contributed by atoms with E-state index < -0.39 is 41.0 Å². The number of halogens is 3. The number of nitrogens with one attached hydrogen (secondary N) is 1. The normalized spacial score (nSPS) is 24.3. The number of carbonyl (C=O) groups is 3. The van der Waals surface area contributed by atoms with Crippen molar-refractivity contribution in [1.29, 1.82) is 0 Å². The van der Waals surface area contributed by atoms with E-state index in [1.165, 1.54) is 13.1 Å². The van der Waals surface area contributed by atoms with Gasteiger partial charge in [0, 0.05) is 32.4 Å². The Bertz CT molecular complexity index is 1230. The molecule has 3 aliphatic rings. The topological polar surface area (TPSA) is 82.2 Å². The Kier molecular flexibility index (Phi) is 5.19. The Morgan fingerprint density at radius 1 is 1.06 bits per heavy atom. The molecule has 5 rings (SSSR count). The molecule has 2 atom stereocenters. The molecule has 11 heteroatoms. The zero-order valence-electron chi connectivity index (χ0n) is 19.1. The van der Waals surface area contributed by atoms with Gasteiger partial charge < -0.3 is 14.5 Å². The molecule has 1 spiro atoms. The highest BCUT2D eigenvalue weighted by Gasteiger charge is 2.62. The summed E-state index contributed by atoms with van der Waals surface area (Å²) in [5, 5.41) is 2.24. The number of piperazine rings is 1. The second kappa shape index (κ2) is 7.89. The molecule has 4 amide bonds. The number of urea groups is 1. The number of imide groups is 2. The first-order chi connectivity index (χ1) is 16.6. The molecule has 0 unspecified atom stereocenters. The van der Waals surface area contributed by atoms with Gasteiger partial charge in [0.1, 0.15) is 5.75 Å². The van der Waals surface area contributed by atoms with E-state index in [-0.39, 0.29) is 18.5 Å². The molecule has 2 saturated heterocycles. The Morgan fingerprint density at radius 2 is 1.80 bits per heavy atom. The predicted molar refractivity (Wildman–Crippen MR) is 120 cm³/mol. The van der Waals surface area contributed by atoms with Crippen LogP contribution in [0.15, 0.2) is 42.5 Å². The van der Waals surface area contributed by atoms with Crippen molar-refractivity contribution in [2.24, 2.45) is 5.41 Å². The fraction of sp³-hybridized carbons (Fsp3) is 0.375. The minimum Gasteiger partial charge on any atom is -0.495 e. The molecule has 3 aliphatic heterocycles. The van der Waals surface area contributed by atoms with E-state index in [1.807, 2.05) is 28.0 Å². The molecule has 8 nitrogen and oxygen atoms in total. The van der Waals surface area contributed by atoms with Gasteiger partial charge in [0.25, 0.3) is 0 Å². The first-order valence-corrected chi connectivity index (χ1v) is 11.1. The van der Waals surface area contributed by atoms with Gasteiger partial charge in [0.15, 0.2) is 5.41 Å². The van der Waals surface area contributed by atoms with Crippen LogP contribution in [-0.2, 0) is 22.2 Å². The standard InChI is InChI=1S/C24H23F3N4O4/c1-29-21(33)23(20(32)28-22(29)34)12-14-11-15(24(25,26)27)7-8-16(14)31-10-9-30(13-19(23)31)17-5-3-4-6-18(17)35-2/h3-8,11,19H,9-10,12-13H2,1-2H3,(H,28,32,34)/t19-,23+/m1/s1. The van der Waals surface area contributed by atoms with Gasteiger partial charge >= 0.3 is 12.2 Å². The molecule has 0 saturated carbocycles. The Hall–Kier alpha value is -3.76. The maximum absolute atomic E-state index is 13.6. The molecule has 0 radical (unpaired) electrons. The van der Waals surface area contributed by atoms with Crippen molar-refractivity contribution in [1.82, 2.24) is 10.2 Å². The Labute approximate surface area is 199 Å². The van der Waals surface area contributed by atoms with E-state index in [0.29, 0.717) is 24.5 Å². The fourth-order valence-corrected chi connectivity index (χ4v) is 5.44. The van der Waals surface area contributed by atoms with Crippen LogP contribution in [0.3, 0.4) is 0 Å². The molecule has 2 fully saturated rings. The largest absolute Gasteiger partial charge is 0.495 e. The van der Waals surface area contributed by atoms with E-state index in [1.54, 1.807) is 13.2 Å². The van der Waals surface area contributed by atoms with Crippen LogP contribution in [0.2, 0.25) is 0 Å². The van der Waals surface area contributed by atoms with Crippen LogP contribution < -0.4 is 19.9 Å². The lowest BCUT2D eigenvalue weighted by Crippen LogP contribution is -2.74. The van der Waals surface area contributed by atoms with Crippen molar-refractivity contribution < 1.29 is 32.3 Å². The highest BCUT2D eigenvalue weighted by Crippen LogP contribution is 2.47. The van der Waals surface area contributed by atoms with Gasteiger partial charge in [-0.2, -0.15) is 13.2 Å². The average Bonchev–Trinajstić information content (AvgIpc) is 2.85. The number of amides is 4. The summed E-state index contributed by atoms with van der Waals surface area (Å²) < 4.78 is 45.9. The number of barbiturate groups is 1. The quantitative estimate of drug-likeness (QED) is 0.655. The lowest BCUT2D eigenvalue weighted by molar-refractivity contribution is -0.152. The smallest absolute Gasteiger partial charge is 0.416 e. The van der Waals surface area contributed by atoms with Crippen LogP contribution in [0.1, 0.15) is 11.1 Å². The Morgan fingerprint density at radius 3 is 2.51 bits per heavy atom. The minimum atomic E-state index is -4.58. The number of para-hydroxylation sites is 2. The third kappa shape index (κ3) is 3.40. The van der Waals surface area contributed by atoms with Crippen molar-refractivity contribution in [3.8, 4) is 5.75 Å². The van der Waals surface area contributed by atoms with Crippen molar-refractivity contribution in [3.63, 3.8) is 0 Å². The molecule has 1 N–H and O–H groups in total. The van der Waals surface area contributed by atoms with Crippen LogP contribution in [0.4, 0.5) is 29.3 Å². The Balaban J connectivity index is 1.64. The number of ether oxygens (including phenoxy) is 1. The third-order valence-electron chi connectivity index (χ3n) is 7.18. The summed E-state index contributed by atoms with van der Waals surface area (Å²) in [6, 6.07) is 9.17. The summed E-state index contributed by atoms with van der Waals surface area (Å²) in [6.45, 7) is 1.06. The molecular formula is C24H23F3N4O4. The van der Waals surface area contributed by atoms with Crippen LogP contribution in [0, 0.1) is 5.41 Å². The number of carbonyl (C=O) groups excluding carboxylic acids is 3. The lowest BCUT2D eigenvalue weighted by atomic mass is 9.67. The van der Waals surface area contributed by atoms with Gasteiger partial charge in [-0.15, -0.1) is 0 Å². The summed E-state index contributed by atoms with van der Waals surface area (Å²) in [7, 11) is 2.81. The van der Waals surface area contributed by atoms with E-state index in [0.717, 1.165) is 22.7 Å². The van der Waals surface area contributed by atoms with Crippen molar-refractivity contribution in [3.05, 3.63) is 53.6 Å². The monoisotopic (exact) mass is 488 g/mol. The molecule has 2 aromatic carbocycles. The third-order valence-corrected chi connectivity index (χ3v) is 7.18. The number of rotatable bonds is 2. The van der Waals surface area contributed by atoms with E-state index in [2.05, 4.69) is 5.32 Å². The van der Waals surface area contributed by atoms with Crippen LogP contribution in [0.25, 0.3) is 0 Å². The van der Waals surface area contributed by atoms with Gasteiger partial charge in [-0.3, -0.25) is 19.8 Å². The van der Waals surface area contributed by atoms with Gasteiger partial charge in [-0.1, -0.05) is 12.1 Å². The number of methoxy groups -OCH3 is 1. The highest BCUT2D eigenvalue weighted by atomic mass is 19.4. The fourth-order valence-electron chi connectivity index (χ4n) is 5.44. The van der Waals surface area contributed by atoms with Crippen molar-refractivity contribution >= 4 is 29.2 Å². The molecule has 0 bridgehead atoms. The van der Waals surface area contributed by atoms with Crippen LogP contribution in [0.5, 0.6) is 5.75 Å². The summed E-state index contributed by atoms with van der Waals surface area (Å²) in [5.41, 5.74) is -1.07. The van der Waals surface area contributed by atoms with Crippen LogP contribution >= 0.6 is 0 Å². The first-order valence-electron chi connectivity index (χ1n) is 11.1. The first kappa shape index (κ1) is 23.0. The number of hydrogen-bond acceptors (Lipinski definition) is 6. The summed E-state index contributed by atoms with van der Waals surface area (Å²) >= 11 is 0. The maximum atomic E-state index is 13.6. The number of alkyl halides is 3. The molecule has 184 valence electrons. The molecule has 0 aliphatic carbocycles. The lowest BCUT2D eigenvalue weighted by Gasteiger charge is -2.55. The van der Waals surface area contributed by atoms with E-state index >= 15 is 0 Å². The highest BCUT2D eigenvalue weighted by molar-refractivity contribution is 6.20. The zero-order valence-corrected chi connectivity index (χ0v) is 19.1. The van der Waals surface area contributed by atoms with Gasteiger partial charge in [0.2, 0.25) is 11.8 Å². The molecule has 2 aromatic rings. The summed E-state index contributed by atoms with van der Waals surface area (Å²) in [5.74, 6) is -0.913. The number of nitrogens with zero attached hydrogens (tertiary/aromatic N) is 3. The molecule has 0 aromatic heterocycles. The van der Waals surface area contributed by atoms with Crippen molar-refractivity contribution in [2.45, 2.75) is 18.6 Å². The maximum Gasteiger partial charge on any atom is 0.416 e. The predicted octanol–water partition coefficient (Wildman–Crippen LogP) is 2.66. The zero-order chi connectivity index (χ0) is 25.1. The molecule has 35 heavy (non-hydrogen) atoms. The van der Waals surface area contributed by atoms with E-state index in [4.69, 9.17) is 4.74 Å². The molecular weight excluding hydrogens is 465 g/mol. The SMILES string of the molecule is COc1ccccc1N1CCN2c3ccc(C(F)(F)F)cc3C[C@@]3(C(=O)NC(=O)N(C)C3=O)[C@H]2C1. The number of hydrogen-bond donors (Lipinski definition) is 1.